The van der Waals surface area contributed by atoms with Crippen LogP contribution in [-0.4, -0.2) is 30.1 Å². The van der Waals surface area contributed by atoms with Crippen LogP contribution in [0.15, 0.2) is 24.3 Å². The molecule has 0 aliphatic carbocycles. The van der Waals surface area contributed by atoms with Gasteiger partial charge in [0.15, 0.2) is 0 Å². The van der Waals surface area contributed by atoms with Gasteiger partial charge in [-0.15, -0.1) is 0 Å². The van der Waals surface area contributed by atoms with Crippen LogP contribution in [-0.2, 0) is 0 Å². The normalized spacial score (nSPS) is 13.0. The molecule has 1 rings (SSSR count). The predicted molar refractivity (Wildman–Crippen MR) is 73.2 cm³/mol. The summed E-state index contributed by atoms with van der Waals surface area (Å²) in [5.41, 5.74) is 2.22. The van der Waals surface area contributed by atoms with Crippen LogP contribution in [0.2, 0.25) is 0 Å². The van der Waals surface area contributed by atoms with Crippen LogP contribution in [0.5, 0.6) is 0 Å². The second-order valence-electron chi connectivity index (χ2n) is 4.84. The number of rotatable bonds is 7. The zero-order chi connectivity index (χ0) is 12.7. The van der Waals surface area contributed by atoms with Gasteiger partial charge in [0.25, 0.3) is 0 Å². The van der Waals surface area contributed by atoms with Gasteiger partial charge in [-0.25, -0.2) is 0 Å². The first-order valence-electron chi connectivity index (χ1n) is 6.57. The number of nitrogens with zero attached hydrogens (tertiary/aromatic N) is 1. The lowest BCUT2D eigenvalue weighted by molar-refractivity contribution is 0.125. The average Bonchev–Trinajstić information content (AvgIpc) is 2.29. The van der Waals surface area contributed by atoms with E-state index in [4.69, 9.17) is 0 Å². The number of aliphatic hydroxyl groups excluding tert-OH is 1. The van der Waals surface area contributed by atoms with Gasteiger partial charge in [-0.2, -0.15) is 0 Å². The molecule has 0 aromatic heterocycles. The minimum absolute atomic E-state index is 0.372. The molecule has 17 heavy (non-hydrogen) atoms. The van der Waals surface area contributed by atoms with E-state index in [1.807, 2.05) is 18.2 Å². The fourth-order valence-corrected chi connectivity index (χ4v) is 2.08. The Labute approximate surface area is 105 Å². The van der Waals surface area contributed by atoms with Gasteiger partial charge in [0, 0.05) is 6.54 Å². The Balaban J connectivity index is 2.43. The van der Waals surface area contributed by atoms with Gasteiger partial charge >= 0.3 is 0 Å². The summed E-state index contributed by atoms with van der Waals surface area (Å²) in [5.74, 6) is 0. The van der Waals surface area contributed by atoms with Crippen LogP contribution in [0.1, 0.15) is 43.4 Å². The molecule has 0 spiro atoms. The van der Waals surface area contributed by atoms with Crippen molar-refractivity contribution in [1.82, 2.24) is 4.90 Å². The third-order valence-electron chi connectivity index (χ3n) is 3.18. The highest BCUT2D eigenvalue weighted by Crippen LogP contribution is 2.17. The molecule has 0 saturated carbocycles. The molecular formula is C15H25NO. The van der Waals surface area contributed by atoms with Gasteiger partial charge in [0.2, 0.25) is 0 Å². The summed E-state index contributed by atoms with van der Waals surface area (Å²) in [7, 11) is 2.08. The van der Waals surface area contributed by atoms with Crippen LogP contribution in [0.3, 0.4) is 0 Å². The molecule has 1 unspecified atom stereocenters. The van der Waals surface area contributed by atoms with Gasteiger partial charge in [0.05, 0.1) is 6.10 Å². The molecule has 2 heteroatoms. The van der Waals surface area contributed by atoms with E-state index < -0.39 is 0 Å². The van der Waals surface area contributed by atoms with Crippen molar-refractivity contribution >= 4 is 0 Å². The van der Waals surface area contributed by atoms with Crippen molar-refractivity contribution in [3.8, 4) is 0 Å². The predicted octanol–water partition coefficient (Wildman–Crippen LogP) is 3.15. The van der Waals surface area contributed by atoms with Crippen LogP contribution < -0.4 is 0 Å². The van der Waals surface area contributed by atoms with Crippen LogP contribution in [0.4, 0.5) is 0 Å². The second kappa shape index (κ2) is 7.46. The SMILES string of the molecule is CCCCCN(C)CC(O)c1ccccc1C. The van der Waals surface area contributed by atoms with Crippen molar-refractivity contribution in [2.75, 3.05) is 20.1 Å². The standard InChI is InChI=1S/C15H25NO/c1-4-5-8-11-16(3)12-15(17)14-10-7-6-9-13(14)2/h6-7,9-10,15,17H,4-5,8,11-12H2,1-3H3. The number of hydrogen-bond acceptors (Lipinski definition) is 2. The maximum Gasteiger partial charge on any atom is 0.0919 e. The summed E-state index contributed by atoms with van der Waals surface area (Å²) in [5, 5.41) is 10.2. The number of benzene rings is 1. The van der Waals surface area contributed by atoms with Crippen LogP contribution in [0.25, 0.3) is 0 Å². The zero-order valence-corrected chi connectivity index (χ0v) is 11.3. The Morgan fingerprint density at radius 2 is 1.94 bits per heavy atom. The van der Waals surface area contributed by atoms with Crippen LogP contribution in [0, 0.1) is 6.92 Å². The molecule has 0 amide bonds. The molecule has 1 N–H and O–H groups in total. The second-order valence-corrected chi connectivity index (χ2v) is 4.84. The van der Waals surface area contributed by atoms with E-state index in [-0.39, 0.29) is 6.10 Å². The van der Waals surface area contributed by atoms with E-state index in [1.165, 1.54) is 24.8 Å². The molecular weight excluding hydrogens is 210 g/mol. The maximum atomic E-state index is 10.2. The topological polar surface area (TPSA) is 23.5 Å². The highest BCUT2D eigenvalue weighted by atomic mass is 16.3. The number of unbranched alkanes of at least 4 members (excludes halogenated alkanes) is 2. The van der Waals surface area contributed by atoms with Crippen molar-refractivity contribution in [2.45, 2.75) is 39.2 Å². The van der Waals surface area contributed by atoms with Gasteiger partial charge in [0.1, 0.15) is 0 Å². The van der Waals surface area contributed by atoms with Crippen LogP contribution >= 0.6 is 0 Å². The third kappa shape index (κ3) is 4.88. The van der Waals surface area contributed by atoms with Crippen molar-refractivity contribution < 1.29 is 5.11 Å². The molecule has 0 aliphatic rings. The van der Waals surface area contributed by atoms with Gasteiger partial charge in [-0.05, 0) is 38.1 Å². The number of hydrogen-bond donors (Lipinski definition) is 1. The van der Waals surface area contributed by atoms with Gasteiger partial charge in [-0.3, -0.25) is 0 Å². The van der Waals surface area contributed by atoms with E-state index in [2.05, 4.69) is 31.9 Å². The summed E-state index contributed by atoms with van der Waals surface area (Å²) in [4.78, 5) is 2.22. The van der Waals surface area contributed by atoms with Gasteiger partial charge < -0.3 is 10.0 Å². The summed E-state index contributed by atoms with van der Waals surface area (Å²) < 4.78 is 0. The first kappa shape index (κ1) is 14.2. The minimum atomic E-state index is -0.372. The van der Waals surface area contributed by atoms with E-state index in [9.17, 15) is 5.11 Å². The molecule has 96 valence electrons. The first-order chi connectivity index (χ1) is 8.15. The van der Waals surface area contributed by atoms with Crippen molar-refractivity contribution in [3.63, 3.8) is 0 Å². The molecule has 1 aromatic carbocycles. The van der Waals surface area contributed by atoms with Crippen molar-refractivity contribution in [3.05, 3.63) is 35.4 Å². The van der Waals surface area contributed by atoms with Gasteiger partial charge in [-0.1, -0.05) is 44.0 Å². The van der Waals surface area contributed by atoms with E-state index in [1.54, 1.807) is 0 Å². The minimum Gasteiger partial charge on any atom is -0.387 e. The van der Waals surface area contributed by atoms with Crippen molar-refractivity contribution in [1.29, 1.82) is 0 Å². The quantitative estimate of drug-likeness (QED) is 0.734. The Kier molecular flexibility index (Phi) is 6.23. The molecule has 1 atom stereocenters. The summed E-state index contributed by atoms with van der Waals surface area (Å²) in [6.45, 7) is 6.04. The van der Waals surface area contributed by atoms with E-state index in [0.717, 1.165) is 12.1 Å². The molecule has 0 heterocycles. The number of likely N-dealkylation sites (N-methyl/N-ethyl adjacent to an activating group) is 1. The lowest BCUT2D eigenvalue weighted by Gasteiger charge is -2.21. The molecule has 0 fully saturated rings. The fraction of sp³-hybridized carbons (Fsp3) is 0.600. The molecule has 0 saturated heterocycles. The Hall–Kier alpha value is -0.860. The first-order valence-corrected chi connectivity index (χ1v) is 6.57. The lowest BCUT2D eigenvalue weighted by atomic mass is 10.0. The van der Waals surface area contributed by atoms with E-state index >= 15 is 0 Å². The van der Waals surface area contributed by atoms with E-state index in [0.29, 0.717) is 6.54 Å². The Morgan fingerprint density at radius 1 is 1.24 bits per heavy atom. The highest BCUT2D eigenvalue weighted by molar-refractivity contribution is 5.27. The van der Waals surface area contributed by atoms with Crippen molar-refractivity contribution in [2.24, 2.45) is 0 Å². The molecule has 1 aromatic rings. The third-order valence-corrected chi connectivity index (χ3v) is 3.18. The number of aryl methyl sites for hydroxylation is 1. The monoisotopic (exact) mass is 235 g/mol. The number of aliphatic hydroxyl groups is 1. The Bertz CT molecular complexity index is 324. The molecule has 0 radical (unpaired) electrons. The Morgan fingerprint density at radius 3 is 2.59 bits per heavy atom. The summed E-state index contributed by atoms with van der Waals surface area (Å²) >= 11 is 0. The fourth-order valence-electron chi connectivity index (χ4n) is 2.08. The summed E-state index contributed by atoms with van der Waals surface area (Å²) in [6, 6.07) is 8.06. The molecule has 0 bridgehead atoms. The average molecular weight is 235 g/mol. The molecule has 0 aliphatic heterocycles. The highest BCUT2D eigenvalue weighted by Gasteiger charge is 2.11. The maximum absolute atomic E-state index is 10.2. The smallest absolute Gasteiger partial charge is 0.0919 e. The zero-order valence-electron chi connectivity index (χ0n) is 11.3. The lowest BCUT2D eigenvalue weighted by Crippen LogP contribution is -2.26. The largest absolute Gasteiger partial charge is 0.387 e. The summed E-state index contributed by atoms with van der Waals surface area (Å²) in [6.07, 6.45) is 3.36. The molecule has 2 nitrogen and oxygen atoms in total.